The second kappa shape index (κ2) is 6.93. The van der Waals surface area contributed by atoms with Crippen LogP contribution in [-0.4, -0.2) is 43.4 Å². The number of aldehydes is 1. The number of benzene rings is 1. The molecule has 21 heavy (non-hydrogen) atoms. The van der Waals surface area contributed by atoms with Gasteiger partial charge in [0.05, 0.1) is 11.1 Å². The van der Waals surface area contributed by atoms with Gasteiger partial charge in [0.15, 0.2) is 18.1 Å². The molecule has 1 fully saturated rings. The van der Waals surface area contributed by atoms with Crippen LogP contribution in [0.4, 0.5) is 0 Å². The Bertz CT molecular complexity index is 543. The van der Waals surface area contributed by atoms with Crippen molar-refractivity contribution in [2.45, 2.75) is 25.8 Å². The number of hydrogen-bond acceptors (Lipinski definition) is 4. The van der Waals surface area contributed by atoms with E-state index in [1.54, 1.807) is 24.1 Å². The van der Waals surface area contributed by atoms with E-state index >= 15 is 0 Å². The number of nitrogens with zero attached hydrogens (tertiary/aromatic N) is 1. The third-order valence-corrected chi connectivity index (χ3v) is 3.88. The first kappa shape index (κ1) is 15.8. The van der Waals surface area contributed by atoms with Gasteiger partial charge in [0.1, 0.15) is 6.29 Å². The Morgan fingerprint density at radius 2 is 2.14 bits per heavy atom. The minimum atomic E-state index is -0.0636. The number of amides is 1. The summed E-state index contributed by atoms with van der Waals surface area (Å²) in [6.07, 6.45) is 2.86. The van der Waals surface area contributed by atoms with E-state index in [9.17, 15) is 9.59 Å². The van der Waals surface area contributed by atoms with Gasteiger partial charge in [0.25, 0.3) is 5.91 Å². The quantitative estimate of drug-likeness (QED) is 0.705. The number of hydrogen-bond donors (Lipinski definition) is 0. The van der Waals surface area contributed by atoms with Crippen LogP contribution in [0.3, 0.4) is 0 Å². The van der Waals surface area contributed by atoms with Crippen molar-refractivity contribution >= 4 is 28.1 Å². The summed E-state index contributed by atoms with van der Waals surface area (Å²) in [7, 11) is 1.79. The number of rotatable bonds is 7. The molecule has 0 N–H and O–H groups in total. The summed E-state index contributed by atoms with van der Waals surface area (Å²) in [6.45, 7) is 2.24. The molecule has 0 saturated heterocycles. The number of carbonyl (C=O) groups excluding carboxylic acids is 2. The summed E-state index contributed by atoms with van der Waals surface area (Å²) in [5.41, 5.74) is 0.485. The molecule has 1 aromatic rings. The monoisotopic (exact) mass is 355 g/mol. The molecule has 1 amide bonds. The van der Waals surface area contributed by atoms with Gasteiger partial charge in [-0.25, -0.2) is 0 Å². The molecule has 0 spiro atoms. The van der Waals surface area contributed by atoms with Crippen LogP contribution in [0.25, 0.3) is 0 Å². The molecule has 6 heteroatoms. The first-order valence-electron chi connectivity index (χ1n) is 6.86. The van der Waals surface area contributed by atoms with E-state index in [1.807, 2.05) is 6.92 Å². The fraction of sp³-hybridized carbons (Fsp3) is 0.467. The molecular weight excluding hydrogens is 338 g/mol. The SMILES string of the molecule is CCOc1cc(C=O)cc(Br)c1OCC(=O)N(C)C1CC1. The van der Waals surface area contributed by atoms with Crippen molar-refractivity contribution in [2.24, 2.45) is 0 Å². The second-order valence-corrected chi connectivity index (χ2v) is 5.76. The molecule has 5 nitrogen and oxygen atoms in total. The first-order chi connectivity index (χ1) is 10.1. The molecule has 0 atom stereocenters. The average molecular weight is 356 g/mol. The Hall–Kier alpha value is -1.56. The third kappa shape index (κ3) is 3.97. The smallest absolute Gasteiger partial charge is 0.260 e. The van der Waals surface area contributed by atoms with Crippen LogP contribution in [0.15, 0.2) is 16.6 Å². The van der Waals surface area contributed by atoms with Crippen molar-refractivity contribution in [1.29, 1.82) is 0 Å². The lowest BCUT2D eigenvalue weighted by Crippen LogP contribution is -2.33. The van der Waals surface area contributed by atoms with E-state index in [2.05, 4.69) is 15.9 Å². The minimum absolute atomic E-state index is 0.0495. The van der Waals surface area contributed by atoms with Crippen LogP contribution in [0, 0.1) is 0 Å². The molecule has 2 rings (SSSR count). The van der Waals surface area contributed by atoms with Crippen LogP contribution in [0.1, 0.15) is 30.1 Å². The second-order valence-electron chi connectivity index (χ2n) is 4.91. The minimum Gasteiger partial charge on any atom is -0.490 e. The number of carbonyl (C=O) groups is 2. The van der Waals surface area contributed by atoms with Gasteiger partial charge in [-0.05, 0) is 47.8 Å². The van der Waals surface area contributed by atoms with Crippen LogP contribution in [0.2, 0.25) is 0 Å². The van der Waals surface area contributed by atoms with Gasteiger partial charge in [-0.2, -0.15) is 0 Å². The van der Waals surface area contributed by atoms with Crippen LogP contribution < -0.4 is 9.47 Å². The van der Waals surface area contributed by atoms with Crippen molar-refractivity contribution < 1.29 is 19.1 Å². The zero-order valence-corrected chi connectivity index (χ0v) is 13.7. The van der Waals surface area contributed by atoms with Gasteiger partial charge in [0, 0.05) is 18.7 Å². The highest BCUT2D eigenvalue weighted by molar-refractivity contribution is 9.10. The third-order valence-electron chi connectivity index (χ3n) is 3.30. The summed E-state index contributed by atoms with van der Waals surface area (Å²) in [6, 6.07) is 3.60. The zero-order chi connectivity index (χ0) is 15.4. The molecule has 1 saturated carbocycles. The van der Waals surface area contributed by atoms with Crippen molar-refractivity contribution in [2.75, 3.05) is 20.3 Å². The molecule has 0 aromatic heterocycles. The van der Waals surface area contributed by atoms with Crippen molar-refractivity contribution in [3.8, 4) is 11.5 Å². The topological polar surface area (TPSA) is 55.8 Å². The molecule has 114 valence electrons. The van der Waals surface area contributed by atoms with E-state index in [-0.39, 0.29) is 12.5 Å². The summed E-state index contributed by atoms with van der Waals surface area (Å²) < 4.78 is 11.7. The van der Waals surface area contributed by atoms with Crippen LogP contribution in [0.5, 0.6) is 11.5 Å². The average Bonchev–Trinajstić information content (AvgIpc) is 3.29. The van der Waals surface area contributed by atoms with Gasteiger partial charge >= 0.3 is 0 Å². The Morgan fingerprint density at radius 3 is 2.71 bits per heavy atom. The number of ether oxygens (including phenoxy) is 2. The number of likely N-dealkylation sites (N-methyl/N-ethyl adjacent to an activating group) is 1. The first-order valence-corrected chi connectivity index (χ1v) is 7.66. The maximum atomic E-state index is 12.0. The largest absolute Gasteiger partial charge is 0.490 e. The van der Waals surface area contributed by atoms with Crippen LogP contribution >= 0.6 is 15.9 Å². The maximum absolute atomic E-state index is 12.0. The van der Waals surface area contributed by atoms with Gasteiger partial charge in [0.2, 0.25) is 0 Å². The summed E-state index contributed by atoms with van der Waals surface area (Å²) in [5, 5.41) is 0. The maximum Gasteiger partial charge on any atom is 0.260 e. The van der Waals surface area contributed by atoms with Gasteiger partial charge in [-0.1, -0.05) is 0 Å². The zero-order valence-electron chi connectivity index (χ0n) is 12.1. The normalized spacial score (nSPS) is 13.7. The Kier molecular flexibility index (Phi) is 5.22. The van der Waals surface area contributed by atoms with E-state index in [0.717, 1.165) is 19.1 Å². The molecule has 1 aliphatic rings. The number of halogens is 1. The molecule has 0 unspecified atom stereocenters. The predicted octanol–water partition coefficient (Wildman–Crippen LogP) is 2.66. The van der Waals surface area contributed by atoms with Gasteiger partial charge in [-0.3, -0.25) is 9.59 Å². The molecule has 0 aliphatic heterocycles. The van der Waals surface area contributed by atoms with E-state index in [4.69, 9.17) is 9.47 Å². The lowest BCUT2D eigenvalue weighted by Gasteiger charge is -2.18. The van der Waals surface area contributed by atoms with Crippen LogP contribution in [-0.2, 0) is 4.79 Å². The summed E-state index contributed by atoms with van der Waals surface area (Å²) in [4.78, 5) is 24.6. The molecular formula is C15H18BrNO4. The fourth-order valence-corrected chi connectivity index (χ4v) is 2.53. The van der Waals surface area contributed by atoms with Crippen molar-refractivity contribution in [1.82, 2.24) is 4.90 Å². The lowest BCUT2D eigenvalue weighted by atomic mass is 10.2. The van der Waals surface area contributed by atoms with E-state index in [1.165, 1.54) is 0 Å². The van der Waals surface area contributed by atoms with Crippen molar-refractivity contribution in [3.63, 3.8) is 0 Å². The summed E-state index contributed by atoms with van der Waals surface area (Å²) >= 11 is 3.35. The molecule has 1 aliphatic carbocycles. The molecule has 1 aromatic carbocycles. The lowest BCUT2D eigenvalue weighted by molar-refractivity contribution is -0.132. The summed E-state index contributed by atoms with van der Waals surface area (Å²) in [5.74, 6) is 0.835. The molecule has 0 heterocycles. The van der Waals surface area contributed by atoms with Gasteiger partial charge in [-0.15, -0.1) is 0 Å². The Labute approximate surface area is 132 Å². The van der Waals surface area contributed by atoms with E-state index in [0.29, 0.717) is 34.2 Å². The van der Waals surface area contributed by atoms with E-state index < -0.39 is 0 Å². The Morgan fingerprint density at radius 1 is 1.43 bits per heavy atom. The molecule has 0 radical (unpaired) electrons. The fourth-order valence-electron chi connectivity index (χ4n) is 1.96. The Balaban J connectivity index is 2.10. The highest BCUT2D eigenvalue weighted by Crippen LogP contribution is 2.36. The molecule has 0 bridgehead atoms. The van der Waals surface area contributed by atoms with Crippen molar-refractivity contribution in [3.05, 3.63) is 22.2 Å². The van der Waals surface area contributed by atoms with Gasteiger partial charge < -0.3 is 14.4 Å². The standard InChI is InChI=1S/C15H18BrNO4/c1-3-20-13-7-10(8-18)6-12(16)15(13)21-9-14(19)17(2)11-4-5-11/h6-8,11H,3-5,9H2,1-2H3. The predicted molar refractivity (Wildman–Crippen MR) is 82.0 cm³/mol. The highest BCUT2D eigenvalue weighted by atomic mass is 79.9. The highest BCUT2D eigenvalue weighted by Gasteiger charge is 2.29.